The van der Waals surface area contributed by atoms with Crippen molar-refractivity contribution in [3.8, 4) is 5.75 Å². The first-order valence-corrected chi connectivity index (χ1v) is 7.59. The Balaban J connectivity index is 1.45. The molecule has 0 aromatic heterocycles. The maximum absolute atomic E-state index is 12.0. The predicted octanol–water partition coefficient (Wildman–Crippen LogP) is 1.21. The van der Waals surface area contributed by atoms with Gasteiger partial charge >= 0.3 is 0 Å². The van der Waals surface area contributed by atoms with Gasteiger partial charge in [0.1, 0.15) is 5.75 Å². The van der Waals surface area contributed by atoms with Crippen LogP contribution in [0, 0.1) is 5.92 Å². The average molecular weight is 290 g/mol. The van der Waals surface area contributed by atoms with Gasteiger partial charge in [-0.15, -0.1) is 0 Å². The quantitative estimate of drug-likeness (QED) is 0.826. The average Bonchev–Trinajstić information content (AvgIpc) is 3.26. The van der Waals surface area contributed by atoms with Crippen molar-refractivity contribution < 1.29 is 14.3 Å². The van der Waals surface area contributed by atoms with E-state index in [4.69, 9.17) is 15.2 Å². The molecule has 114 valence electrons. The summed E-state index contributed by atoms with van der Waals surface area (Å²) in [7, 11) is 0. The summed E-state index contributed by atoms with van der Waals surface area (Å²) >= 11 is 0. The third-order valence-corrected chi connectivity index (χ3v) is 4.10. The first-order valence-electron chi connectivity index (χ1n) is 7.59. The van der Waals surface area contributed by atoms with Crippen LogP contribution in [0.5, 0.6) is 5.75 Å². The number of carbonyl (C=O) groups excluding carboxylic acids is 1. The van der Waals surface area contributed by atoms with Gasteiger partial charge in [-0.3, -0.25) is 4.79 Å². The molecule has 0 bridgehead atoms. The number of ether oxygens (including phenoxy) is 2. The Hall–Kier alpha value is -1.59. The molecule has 2 fully saturated rings. The van der Waals surface area contributed by atoms with E-state index in [2.05, 4.69) is 5.32 Å². The summed E-state index contributed by atoms with van der Waals surface area (Å²) in [6.07, 6.45) is 3.55. The van der Waals surface area contributed by atoms with Gasteiger partial charge < -0.3 is 20.5 Å². The molecular weight excluding hydrogens is 268 g/mol. The summed E-state index contributed by atoms with van der Waals surface area (Å²) in [5.41, 5.74) is 6.58. The molecule has 1 heterocycles. The van der Waals surface area contributed by atoms with E-state index in [9.17, 15) is 4.79 Å². The van der Waals surface area contributed by atoms with Crippen LogP contribution in [0.4, 0.5) is 0 Å². The van der Waals surface area contributed by atoms with E-state index < -0.39 is 0 Å². The van der Waals surface area contributed by atoms with E-state index in [0.717, 1.165) is 18.6 Å². The fourth-order valence-corrected chi connectivity index (χ4v) is 2.77. The summed E-state index contributed by atoms with van der Waals surface area (Å²) < 4.78 is 11.2. The topological polar surface area (TPSA) is 73.6 Å². The van der Waals surface area contributed by atoms with Crippen LogP contribution < -0.4 is 15.8 Å². The molecule has 1 aliphatic carbocycles. The maximum atomic E-state index is 12.0. The molecule has 0 radical (unpaired) electrons. The first-order chi connectivity index (χ1) is 10.3. The zero-order valence-corrected chi connectivity index (χ0v) is 12.1. The molecule has 1 aliphatic heterocycles. The molecule has 5 heteroatoms. The highest BCUT2D eigenvalue weighted by molar-refractivity contribution is 5.78. The van der Waals surface area contributed by atoms with E-state index in [0.29, 0.717) is 18.2 Å². The molecule has 21 heavy (non-hydrogen) atoms. The molecule has 3 N–H and O–H groups in total. The van der Waals surface area contributed by atoms with Gasteiger partial charge in [-0.1, -0.05) is 12.1 Å². The minimum atomic E-state index is -0.0842. The van der Waals surface area contributed by atoms with Crippen molar-refractivity contribution in [2.24, 2.45) is 11.7 Å². The zero-order valence-electron chi connectivity index (χ0n) is 12.1. The van der Waals surface area contributed by atoms with Crippen molar-refractivity contribution in [1.29, 1.82) is 0 Å². The molecule has 0 spiro atoms. The number of nitrogens with one attached hydrogen (secondary N) is 1. The zero-order chi connectivity index (χ0) is 14.7. The Kier molecular flexibility index (Phi) is 4.41. The monoisotopic (exact) mass is 290 g/mol. The second-order valence-electron chi connectivity index (χ2n) is 5.77. The molecule has 1 aromatic rings. The van der Waals surface area contributed by atoms with Crippen molar-refractivity contribution in [2.75, 3.05) is 13.2 Å². The number of hydrogen-bond acceptors (Lipinski definition) is 4. The van der Waals surface area contributed by atoms with Gasteiger partial charge in [0, 0.05) is 13.2 Å². The van der Waals surface area contributed by atoms with Crippen molar-refractivity contribution >= 4 is 5.91 Å². The van der Waals surface area contributed by atoms with Crippen molar-refractivity contribution in [3.63, 3.8) is 0 Å². The van der Waals surface area contributed by atoms with Gasteiger partial charge in [0.05, 0.1) is 12.1 Å². The molecule has 2 atom stereocenters. The van der Waals surface area contributed by atoms with Crippen LogP contribution in [0.2, 0.25) is 0 Å². The normalized spacial score (nSPS) is 24.8. The lowest BCUT2D eigenvalue weighted by atomic mass is 10.1. The summed E-state index contributed by atoms with van der Waals surface area (Å²) in [6.45, 7) is 1.29. The van der Waals surface area contributed by atoms with Gasteiger partial charge in [-0.2, -0.15) is 0 Å². The SMILES string of the molecule is NCc1ccc(OCC(=O)NC2CCOC2C2CC2)cc1. The molecule has 1 aromatic carbocycles. The second-order valence-corrected chi connectivity index (χ2v) is 5.77. The molecular formula is C16H22N2O3. The standard InChI is InChI=1S/C16H22N2O3/c17-9-11-1-5-13(6-2-11)21-10-15(19)18-14-7-8-20-16(14)12-3-4-12/h1-2,5-6,12,14,16H,3-4,7-10,17H2,(H,18,19). The number of rotatable bonds is 6. The largest absolute Gasteiger partial charge is 0.484 e. The van der Waals surface area contributed by atoms with E-state index in [-0.39, 0.29) is 24.7 Å². The molecule has 2 aliphatic rings. The van der Waals surface area contributed by atoms with E-state index in [1.165, 1.54) is 12.8 Å². The van der Waals surface area contributed by atoms with Gasteiger partial charge in [-0.25, -0.2) is 0 Å². The molecule has 2 unspecified atom stereocenters. The van der Waals surface area contributed by atoms with Crippen LogP contribution in [0.25, 0.3) is 0 Å². The fourth-order valence-electron chi connectivity index (χ4n) is 2.77. The lowest BCUT2D eigenvalue weighted by molar-refractivity contribution is -0.124. The third kappa shape index (κ3) is 3.74. The number of benzene rings is 1. The van der Waals surface area contributed by atoms with Crippen LogP contribution >= 0.6 is 0 Å². The Labute approximate surface area is 124 Å². The van der Waals surface area contributed by atoms with Crippen LogP contribution in [0.15, 0.2) is 24.3 Å². The number of amides is 1. The van der Waals surface area contributed by atoms with Gasteiger partial charge in [0.15, 0.2) is 6.61 Å². The van der Waals surface area contributed by atoms with E-state index in [1.807, 2.05) is 24.3 Å². The van der Waals surface area contributed by atoms with Crippen LogP contribution in [-0.4, -0.2) is 31.3 Å². The van der Waals surface area contributed by atoms with Crippen LogP contribution in [0.3, 0.4) is 0 Å². The number of carbonyl (C=O) groups is 1. The lowest BCUT2D eigenvalue weighted by Gasteiger charge is -2.19. The minimum Gasteiger partial charge on any atom is -0.484 e. The van der Waals surface area contributed by atoms with Crippen molar-refractivity contribution in [1.82, 2.24) is 5.32 Å². The minimum absolute atomic E-state index is 0.0376. The highest BCUT2D eigenvalue weighted by atomic mass is 16.5. The Morgan fingerprint density at radius 1 is 1.29 bits per heavy atom. The van der Waals surface area contributed by atoms with E-state index in [1.54, 1.807) is 0 Å². The molecule has 5 nitrogen and oxygen atoms in total. The van der Waals surface area contributed by atoms with Gasteiger partial charge in [0.2, 0.25) is 0 Å². The van der Waals surface area contributed by atoms with Crippen LogP contribution in [-0.2, 0) is 16.1 Å². The van der Waals surface area contributed by atoms with Crippen LogP contribution in [0.1, 0.15) is 24.8 Å². The summed E-state index contributed by atoms with van der Waals surface area (Å²) in [6, 6.07) is 7.62. The highest BCUT2D eigenvalue weighted by Gasteiger charge is 2.41. The fraction of sp³-hybridized carbons (Fsp3) is 0.562. The smallest absolute Gasteiger partial charge is 0.258 e. The molecule has 1 saturated heterocycles. The third-order valence-electron chi connectivity index (χ3n) is 4.10. The second kappa shape index (κ2) is 6.45. The first kappa shape index (κ1) is 14.4. The van der Waals surface area contributed by atoms with Crippen molar-refractivity contribution in [3.05, 3.63) is 29.8 Å². The molecule has 3 rings (SSSR count). The molecule has 1 saturated carbocycles. The Morgan fingerprint density at radius 2 is 2.05 bits per heavy atom. The Bertz CT molecular complexity index is 485. The van der Waals surface area contributed by atoms with E-state index >= 15 is 0 Å². The van der Waals surface area contributed by atoms with Gasteiger partial charge in [-0.05, 0) is 42.9 Å². The lowest BCUT2D eigenvalue weighted by Crippen LogP contribution is -2.43. The van der Waals surface area contributed by atoms with Gasteiger partial charge in [0.25, 0.3) is 5.91 Å². The Morgan fingerprint density at radius 3 is 2.71 bits per heavy atom. The summed E-state index contributed by atoms with van der Waals surface area (Å²) in [5, 5.41) is 3.03. The number of hydrogen-bond donors (Lipinski definition) is 2. The van der Waals surface area contributed by atoms with Crippen molar-refractivity contribution in [2.45, 2.75) is 38.0 Å². The molecule has 1 amide bonds. The number of nitrogens with two attached hydrogens (primary N) is 1. The summed E-state index contributed by atoms with van der Waals surface area (Å²) in [5.74, 6) is 1.24. The maximum Gasteiger partial charge on any atom is 0.258 e. The predicted molar refractivity (Wildman–Crippen MR) is 78.8 cm³/mol. The summed E-state index contributed by atoms with van der Waals surface area (Å²) in [4.78, 5) is 12.0. The highest BCUT2D eigenvalue weighted by Crippen LogP contribution is 2.38.